The lowest BCUT2D eigenvalue weighted by atomic mass is 10.1. The number of hydrogen-bond donors (Lipinski definition) is 1. The first-order chi connectivity index (χ1) is 11.7. The van der Waals surface area contributed by atoms with Gasteiger partial charge in [-0.2, -0.15) is 0 Å². The fourth-order valence-electron chi connectivity index (χ4n) is 2.84. The number of nitrogens with zero attached hydrogens (tertiary/aromatic N) is 1. The van der Waals surface area contributed by atoms with Crippen molar-refractivity contribution in [2.75, 3.05) is 31.1 Å². The number of para-hydroxylation sites is 1. The molecule has 126 valence electrons. The van der Waals surface area contributed by atoms with Crippen molar-refractivity contribution in [1.82, 2.24) is 5.32 Å². The van der Waals surface area contributed by atoms with Crippen molar-refractivity contribution in [2.45, 2.75) is 12.5 Å². The maximum Gasteiger partial charge on any atom is 0.224 e. The molecule has 1 unspecified atom stereocenters. The molecule has 0 radical (unpaired) electrons. The van der Waals surface area contributed by atoms with Crippen molar-refractivity contribution >= 4 is 11.6 Å². The fraction of sp³-hybridized carbons (Fsp3) is 0.316. The molecule has 5 heteroatoms. The molecule has 3 rings (SSSR count). The molecule has 0 aliphatic carbocycles. The molecular formula is C19H21FN2O2. The Bertz CT molecular complexity index is 678. The van der Waals surface area contributed by atoms with Gasteiger partial charge < -0.3 is 15.0 Å². The smallest absolute Gasteiger partial charge is 0.224 e. The van der Waals surface area contributed by atoms with E-state index in [-0.39, 0.29) is 24.2 Å². The number of ether oxygens (including phenoxy) is 1. The van der Waals surface area contributed by atoms with Gasteiger partial charge in [-0.25, -0.2) is 4.39 Å². The van der Waals surface area contributed by atoms with Crippen molar-refractivity contribution in [3.8, 4) is 0 Å². The number of carbonyl (C=O) groups is 1. The van der Waals surface area contributed by atoms with Gasteiger partial charge >= 0.3 is 0 Å². The molecule has 1 aliphatic heterocycles. The Morgan fingerprint density at radius 3 is 2.83 bits per heavy atom. The maximum atomic E-state index is 13.1. The standard InChI is InChI=1S/C19H21FN2O2/c20-16-6-4-5-15(11-16)12-19(23)21-13-18-14-22(9-10-24-18)17-7-2-1-3-8-17/h1-8,11,18H,9-10,12-14H2,(H,21,23). The van der Waals surface area contributed by atoms with E-state index >= 15 is 0 Å². The van der Waals surface area contributed by atoms with Crippen LogP contribution in [0.1, 0.15) is 5.56 Å². The number of rotatable bonds is 5. The second-order valence-corrected chi connectivity index (χ2v) is 5.89. The number of amides is 1. The minimum Gasteiger partial charge on any atom is -0.373 e. The van der Waals surface area contributed by atoms with Crippen LogP contribution >= 0.6 is 0 Å². The van der Waals surface area contributed by atoms with E-state index in [1.165, 1.54) is 12.1 Å². The molecular weight excluding hydrogens is 307 g/mol. The Morgan fingerprint density at radius 1 is 1.21 bits per heavy atom. The van der Waals surface area contributed by atoms with Crippen LogP contribution in [0.4, 0.5) is 10.1 Å². The van der Waals surface area contributed by atoms with E-state index in [1.54, 1.807) is 12.1 Å². The summed E-state index contributed by atoms with van der Waals surface area (Å²) >= 11 is 0. The number of nitrogens with one attached hydrogen (secondary N) is 1. The zero-order valence-corrected chi connectivity index (χ0v) is 13.5. The van der Waals surface area contributed by atoms with Crippen LogP contribution in [0.2, 0.25) is 0 Å². The largest absolute Gasteiger partial charge is 0.373 e. The third kappa shape index (κ3) is 4.55. The van der Waals surface area contributed by atoms with Gasteiger partial charge in [-0.1, -0.05) is 30.3 Å². The third-order valence-electron chi connectivity index (χ3n) is 4.04. The Morgan fingerprint density at radius 2 is 2.04 bits per heavy atom. The summed E-state index contributed by atoms with van der Waals surface area (Å²) in [6.45, 7) is 2.68. The molecule has 24 heavy (non-hydrogen) atoms. The molecule has 1 atom stereocenters. The van der Waals surface area contributed by atoms with Crippen LogP contribution in [0.15, 0.2) is 54.6 Å². The number of halogens is 1. The summed E-state index contributed by atoms with van der Waals surface area (Å²) in [6.07, 6.45) is 0.128. The monoisotopic (exact) mass is 328 g/mol. The second-order valence-electron chi connectivity index (χ2n) is 5.89. The fourth-order valence-corrected chi connectivity index (χ4v) is 2.84. The molecule has 0 saturated carbocycles. The lowest BCUT2D eigenvalue weighted by Gasteiger charge is -2.34. The molecule has 2 aromatic carbocycles. The molecule has 1 aliphatic rings. The van der Waals surface area contributed by atoms with Gasteiger partial charge in [0, 0.05) is 25.3 Å². The van der Waals surface area contributed by atoms with E-state index in [9.17, 15) is 9.18 Å². The van der Waals surface area contributed by atoms with Gasteiger partial charge in [0.05, 0.1) is 19.1 Å². The Balaban J connectivity index is 1.48. The van der Waals surface area contributed by atoms with E-state index in [4.69, 9.17) is 4.74 Å². The van der Waals surface area contributed by atoms with E-state index in [1.807, 2.05) is 18.2 Å². The summed E-state index contributed by atoms with van der Waals surface area (Å²) in [7, 11) is 0. The lowest BCUT2D eigenvalue weighted by Crippen LogP contribution is -2.47. The second kappa shape index (κ2) is 7.93. The zero-order valence-electron chi connectivity index (χ0n) is 13.5. The predicted octanol–water partition coefficient (Wildman–Crippen LogP) is 2.39. The van der Waals surface area contributed by atoms with Gasteiger partial charge in [0.25, 0.3) is 0 Å². The summed E-state index contributed by atoms with van der Waals surface area (Å²) in [5.41, 5.74) is 1.83. The molecule has 2 aromatic rings. The van der Waals surface area contributed by atoms with Gasteiger partial charge in [-0.05, 0) is 29.8 Å². The average molecular weight is 328 g/mol. The normalized spacial score (nSPS) is 17.5. The van der Waals surface area contributed by atoms with Crippen LogP contribution < -0.4 is 10.2 Å². The predicted molar refractivity (Wildman–Crippen MR) is 91.5 cm³/mol. The summed E-state index contributed by atoms with van der Waals surface area (Å²) in [4.78, 5) is 14.3. The molecule has 1 amide bonds. The quantitative estimate of drug-likeness (QED) is 0.916. The first-order valence-corrected chi connectivity index (χ1v) is 8.13. The van der Waals surface area contributed by atoms with Crippen molar-refractivity contribution in [3.63, 3.8) is 0 Å². The summed E-state index contributed by atoms with van der Waals surface area (Å²) < 4.78 is 18.9. The number of morpholine rings is 1. The van der Waals surface area contributed by atoms with Gasteiger partial charge in [0.15, 0.2) is 0 Å². The summed E-state index contributed by atoms with van der Waals surface area (Å²) in [6, 6.07) is 16.3. The van der Waals surface area contributed by atoms with Crippen LogP contribution in [-0.2, 0) is 16.0 Å². The van der Waals surface area contributed by atoms with Crippen LogP contribution in [0.5, 0.6) is 0 Å². The Hall–Kier alpha value is -2.40. The van der Waals surface area contributed by atoms with E-state index in [0.29, 0.717) is 18.7 Å². The molecule has 1 heterocycles. The van der Waals surface area contributed by atoms with Gasteiger partial charge in [-0.3, -0.25) is 4.79 Å². The number of anilines is 1. The third-order valence-corrected chi connectivity index (χ3v) is 4.04. The molecule has 1 N–H and O–H groups in total. The number of hydrogen-bond acceptors (Lipinski definition) is 3. The lowest BCUT2D eigenvalue weighted by molar-refractivity contribution is -0.121. The summed E-state index contributed by atoms with van der Waals surface area (Å²) in [5.74, 6) is -0.449. The average Bonchev–Trinajstić information content (AvgIpc) is 2.61. The SMILES string of the molecule is O=C(Cc1cccc(F)c1)NCC1CN(c2ccccc2)CCO1. The summed E-state index contributed by atoms with van der Waals surface area (Å²) in [5, 5.41) is 2.88. The van der Waals surface area contributed by atoms with Crippen molar-refractivity contribution in [1.29, 1.82) is 0 Å². The van der Waals surface area contributed by atoms with Crippen LogP contribution in [0, 0.1) is 5.82 Å². The van der Waals surface area contributed by atoms with Gasteiger partial charge in [0.1, 0.15) is 5.82 Å². The van der Waals surface area contributed by atoms with E-state index in [2.05, 4.69) is 22.3 Å². The minimum absolute atomic E-state index is 0.0459. The van der Waals surface area contributed by atoms with Gasteiger partial charge in [0.2, 0.25) is 5.91 Å². The highest BCUT2D eigenvalue weighted by Gasteiger charge is 2.21. The zero-order chi connectivity index (χ0) is 16.8. The van der Waals surface area contributed by atoms with Crippen molar-refractivity contribution in [2.24, 2.45) is 0 Å². The number of benzene rings is 2. The minimum atomic E-state index is -0.325. The Kier molecular flexibility index (Phi) is 5.43. The molecule has 0 aromatic heterocycles. The van der Waals surface area contributed by atoms with Gasteiger partial charge in [-0.15, -0.1) is 0 Å². The molecule has 4 nitrogen and oxygen atoms in total. The Labute approximate surface area is 141 Å². The highest BCUT2D eigenvalue weighted by Crippen LogP contribution is 2.16. The molecule has 0 spiro atoms. The first-order valence-electron chi connectivity index (χ1n) is 8.13. The molecule has 1 fully saturated rings. The molecule has 1 saturated heterocycles. The highest BCUT2D eigenvalue weighted by molar-refractivity contribution is 5.78. The van der Waals surface area contributed by atoms with Crippen molar-refractivity contribution in [3.05, 3.63) is 66.0 Å². The van der Waals surface area contributed by atoms with E-state index < -0.39 is 0 Å². The topological polar surface area (TPSA) is 41.6 Å². The van der Waals surface area contributed by atoms with Crippen LogP contribution in [0.25, 0.3) is 0 Å². The highest BCUT2D eigenvalue weighted by atomic mass is 19.1. The number of carbonyl (C=O) groups excluding carboxylic acids is 1. The van der Waals surface area contributed by atoms with E-state index in [0.717, 1.165) is 18.8 Å². The maximum absolute atomic E-state index is 13.1. The first kappa shape index (κ1) is 16.5. The van der Waals surface area contributed by atoms with Crippen LogP contribution in [0.3, 0.4) is 0 Å². The molecule has 0 bridgehead atoms. The van der Waals surface area contributed by atoms with Crippen LogP contribution in [-0.4, -0.2) is 38.3 Å². The van der Waals surface area contributed by atoms with Crippen molar-refractivity contribution < 1.29 is 13.9 Å².